The molecule has 1 heterocycles. The van der Waals surface area contributed by atoms with Crippen molar-refractivity contribution in [2.45, 2.75) is 50.7 Å². The summed E-state index contributed by atoms with van der Waals surface area (Å²) in [5.41, 5.74) is -0.828. The molecular weight excluding hydrogens is 320 g/mol. The number of carbonyl (C=O) groups excluding carboxylic acids is 1. The van der Waals surface area contributed by atoms with Gasteiger partial charge in [0.15, 0.2) is 6.10 Å². The fourth-order valence-electron chi connectivity index (χ4n) is 3.13. The smallest absolute Gasteiger partial charge is 0.336 e. The van der Waals surface area contributed by atoms with E-state index in [0.717, 1.165) is 24.6 Å². The van der Waals surface area contributed by atoms with Crippen LogP contribution in [0.25, 0.3) is 11.0 Å². The fraction of sp³-hybridized carbons (Fsp3) is 0.421. The zero-order chi connectivity index (χ0) is 17.9. The summed E-state index contributed by atoms with van der Waals surface area (Å²) in [6.07, 6.45) is 3.54. The summed E-state index contributed by atoms with van der Waals surface area (Å²) in [5, 5.41) is 13.1. The van der Waals surface area contributed by atoms with Gasteiger partial charge in [-0.25, -0.2) is 4.79 Å². The molecule has 3 rings (SSSR count). The maximum Gasteiger partial charge on any atom is 0.336 e. The van der Waals surface area contributed by atoms with E-state index in [1.807, 2.05) is 0 Å². The minimum absolute atomic E-state index is 0.321. The molecule has 2 aromatic rings. The largest absolute Gasteiger partial charge is 0.481 e. The van der Waals surface area contributed by atoms with Crippen LogP contribution in [0.3, 0.4) is 0 Å². The predicted molar refractivity (Wildman–Crippen MR) is 92.1 cm³/mol. The number of hydrogen-bond acceptors (Lipinski definition) is 5. The Hall–Kier alpha value is -2.81. The topological polar surface area (TPSA) is 92.3 Å². The van der Waals surface area contributed by atoms with Gasteiger partial charge in [-0.2, -0.15) is 5.26 Å². The molecular formula is C19H20N2O4. The van der Waals surface area contributed by atoms with Crippen LogP contribution in [-0.2, 0) is 4.79 Å². The second-order valence-corrected chi connectivity index (χ2v) is 6.46. The third-order valence-corrected chi connectivity index (χ3v) is 4.56. The Kier molecular flexibility index (Phi) is 4.75. The average molecular weight is 340 g/mol. The van der Waals surface area contributed by atoms with Crippen LogP contribution < -0.4 is 15.7 Å². The summed E-state index contributed by atoms with van der Waals surface area (Å²) < 4.78 is 10.8. The standard InChI is InChI=1S/C19H20N2O4/c1-13(18(23)21-19(12-20)9-3-2-4-10-19)24-15-7-5-14-6-8-17(22)25-16(14)11-15/h5-8,11,13H,2-4,9-10H2,1H3,(H,21,23)/t13-/m0/s1. The van der Waals surface area contributed by atoms with Gasteiger partial charge >= 0.3 is 5.63 Å². The zero-order valence-electron chi connectivity index (χ0n) is 14.1. The molecule has 0 radical (unpaired) electrons. The molecule has 1 amide bonds. The molecule has 1 aliphatic rings. The number of nitrogens with zero attached hydrogens (tertiary/aromatic N) is 1. The fourth-order valence-corrected chi connectivity index (χ4v) is 3.13. The molecule has 0 spiro atoms. The Morgan fingerprint density at radius 1 is 1.28 bits per heavy atom. The van der Waals surface area contributed by atoms with E-state index in [-0.39, 0.29) is 5.91 Å². The third kappa shape index (κ3) is 3.82. The van der Waals surface area contributed by atoms with Gasteiger partial charge in [-0.05, 0) is 38.0 Å². The highest BCUT2D eigenvalue weighted by Crippen LogP contribution is 2.28. The van der Waals surface area contributed by atoms with Gasteiger partial charge < -0.3 is 14.5 Å². The lowest BCUT2D eigenvalue weighted by Crippen LogP contribution is -2.52. The molecule has 1 N–H and O–H groups in total. The Morgan fingerprint density at radius 3 is 2.72 bits per heavy atom. The first-order chi connectivity index (χ1) is 12.0. The van der Waals surface area contributed by atoms with Crippen LogP contribution in [0.1, 0.15) is 39.0 Å². The van der Waals surface area contributed by atoms with E-state index in [1.54, 1.807) is 31.2 Å². The monoisotopic (exact) mass is 340 g/mol. The van der Waals surface area contributed by atoms with Crippen molar-refractivity contribution in [2.24, 2.45) is 0 Å². The van der Waals surface area contributed by atoms with Gasteiger partial charge in [0.2, 0.25) is 0 Å². The van der Waals surface area contributed by atoms with Crippen molar-refractivity contribution in [3.63, 3.8) is 0 Å². The van der Waals surface area contributed by atoms with Crippen molar-refractivity contribution in [3.05, 3.63) is 40.8 Å². The van der Waals surface area contributed by atoms with Crippen LogP contribution in [0.5, 0.6) is 5.75 Å². The SMILES string of the molecule is C[C@H](Oc1ccc2ccc(=O)oc2c1)C(=O)NC1(C#N)CCCCC1. The van der Waals surface area contributed by atoms with Crippen molar-refractivity contribution in [3.8, 4) is 11.8 Å². The maximum atomic E-state index is 12.4. The van der Waals surface area contributed by atoms with E-state index in [2.05, 4.69) is 11.4 Å². The van der Waals surface area contributed by atoms with Gasteiger partial charge in [-0.15, -0.1) is 0 Å². The van der Waals surface area contributed by atoms with Crippen LogP contribution in [-0.4, -0.2) is 17.6 Å². The van der Waals surface area contributed by atoms with Gasteiger partial charge in [-0.3, -0.25) is 4.79 Å². The van der Waals surface area contributed by atoms with Crippen LogP contribution >= 0.6 is 0 Å². The number of benzene rings is 1. The molecule has 0 aliphatic heterocycles. The first kappa shape index (κ1) is 17.0. The average Bonchev–Trinajstić information content (AvgIpc) is 2.62. The highest BCUT2D eigenvalue weighted by molar-refractivity contribution is 5.82. The second kappa shape index (κ2) is 6.98. The number of nitrogens with one attached hydrogen (secondary N) is 1. The molecule has 6 nitrogen and oxygen atoms in total. The molecule has 130 valence electrons. The molecule has 6 heteroatoms. The number of ether oxygens (including phenoxy) is 1. The molecule has 1 saturated carbocycles. The zero-order valence-corrected chi connectivity index (χ0v) is 14.1. The van der Waals surface area contributed by atoms with Crippen LogP contribution in [0.2, 0.25) is 0 Å². The minimum atomic E-state index is -0.789. The van der Waals surface area contributed by atoms with Crippen molar-refractivity contribution in [1.82, 2.24) is 5.32 Å². The van der Waals surface area contributed by atoms with Crippen molar-refractivity contribution >= 4 is 16.9 Å². The highest BCUT2D eigenvalue weighted by atomic mass is 16.5. The van der Waals surface area contributed by atoms with Gasteiger partial charge in [0.05, 0.1) is 6.07 Å². The van der Waals surface area contributed by atoms with Gasteiger partial charge in [0, 0.05) is 17.5 Å². The molecule has 1 aliphatic carbocycles. The number of hydrogen-bond donors (Lipinski definition) is 1. The van der Waals surface area contributed by atoms with E-state index in [1.165, 1.54) is 6.07 Å². The van der Waals surface area contributed by atoms with E-state index in [9.17, 15) is 14.9 Å². The van der Waals surface area contributed by atoms with Crippen molar-refractivity contribution in [1.29, 1.82) is 5.26 Å². The van der Waals surface area contributed by atoms with E-state index < -0.39 is 17.3 Å². The summed E-state index contributed by atoms with van der Waals surface area (Å²) in [6, 6.07) is 10.3. The van der Waals surface area contributed by atoms with E-state index in [4.69, 9.17) is 9.15 Å². The molecule has 1 aromatic carbocycles. The first-order valence-corrected chi connectivity index (χ1v) is 8.45. The lowest BCUT2D eigenvalue weighted by molar-refractivity contribution is -0.129. The van der Waals surface area contributed by atoms with Crippen LogP contribution in [0.4, 0.5) is 0 Å². The molecule has 25 heavy (non-hydrogen) atoms. The Morgan fingerprint density at radius 2 is 2.00 bits per heavy atom. The second-order valence-electron chi connectivity index (χ2n) is 6.46. The van der Waals surface area contributed by atoms with Gasteiger partial charge in [0.1, 0.15) is 16.9 Å². The third-order valence-electron chi connectivity index (χ3n) is 4.56. The molecule has 0 unspecified atom stereocenters. The molecule has 1 atom stereocenters. The molecule has 1 fully saturated rings. The summed E-state index contributed by atoms with van der Waals surface area (Å²) >= 11 is 0. The highest BCUT2D eigenvalue weighted by Gasteiger charge is 2.35. The van der Waals surface area contributed by atoms with Crippen LogP contribution in [0, 0.1) is 11.3 Å². The lowest BCUT2D eigenvalue weighted by Gasteiger charge is -2.32. The summed E-state index contributed by atoms with van der Waals surface area (Å²) in [5.74, 6) is 0.109. The Labute approximate surface area is 145 Å². The minimum Gasteiger partial charge on any atom is -0.481 e. The summed E-state index contributed by atoms with van der Waals surface area (Å²) in [4.78, 5) is 23.7. The van der Waals surface area contributed by atoms with Crippen molar-refractivity contribution < 1.29 is 13.9 Å². The van der Waals surface area contributed by atoms with Gasteiger partial charge in [-0.1, -0.05) is 19.3 Å². The predicted octanol–water partition coefficient (Wildman–Crippen LogP) is 2.90. The van der Waals surface area contributed by atoms with Gasteiger partial charge in [0.25, 0.3) is 5.91 Å². The Balaban J connectivity index is 1.71. The normalized spacial score (nSPS) is 17.4. The molecule has 0 bridgehead atoms. The van der Waals surface area contributed by atoms with E-state index >= 15 is 0 Å². The number of carbonyl (C=O) groups is 1. The summed E-state index contributed by atoms with van der Waals surface area (Å²) in [6.45, 7) is 1.63. The summed E-state index contributed by atoms with van der Waals surface area (Å²) in [7, 11) is 0. The lowest BCUT2D eigenvalue weighted by atomic mass is 9.83. The van der Waals surface area contributed by atoms with E-state index in [0.29, 0.717) is 24.2 Å². The number of rotatable bonds is 4. The number of amides is 1. The maximum absolute atomic E-state index is 12.4. The number of nitriles is 1. The molecule has 1 aromatic heterocycles. The quantitative estimate of drug-likeness (QED) is 0.864. The first-order valence-electron chi connectivity index (χ1n) is 8.45. The molecule has 0 saturated heterocycles. The van der Waals surface area contributed by atoms with Crippen LogP contribution in [0.15, 0.2) is 39.5 Å². The van der Waals surface area contributed by atoms with Crippen molar-refractivity contribution in [2.75, 3.05) is 0 Å². The Bertz CT molecular complexity index is 875. The number of fused-ring (bicyclic) bond motifs is 1.